The highest BCUT2D eigenvalue weighted by atomic mass is 32.2. The number of hydrogen-bond acceptors (Lipinski definition) is 4. The summed E-state index contributed by atoms with van der Waals surface area (Å²) in [7, 11) is 0. The monoisotopic (exact) mass is 470 g/mol. The van der Waals surface area contributed by atoms with E-state index in [0.717, 1.165) is 28.0 Å². The van der Waals surface area contributed by atoms with Crippen LogP contribution in [0, 0.1) is 12.8 Å². The maximum Gasteiger partial charge on any atom is 0.251 e. The number of nitrogens with one attached hydrogen (secondary N) is 1. The summed E-state index contributed by atoms with van der Waals surface area (Å²) < 4.78 is 2.14. The molecule has 0 fully saturated rings. The second-order valence-electron chi connectivity index (χ2n) is 8.82. The standard InChI is InChI=1S/C28H30N4OS/c1-20(2)18-29-27(33)24-13-11-23(12-14-24)19-34-28-31-30-26(17-22-7-5-4-6-8-22)32(28)25-15-9-21(3)10-16-25/h4-16,20H,17-19H2,1-3H3,(H,29,33). The van der Waals surface area contributed by atoms with Gasteiger partial charge in [0.2, 0.25) is 0 Å². The molecule has 4 aromatic rings. The minimum absolute atomic E-state index is 0.0300. The van der Waals surface area contributed by atoms with Crippen LogP contribution in [0.1, 0.15) is 46.7 Å². The number of nitrogens with zero attached hydrogens (tertiary/aromatic N) is 3. The number of benzene rings is 3. The number of thioether (sulfide) groups is 1. The van der Waals surface area contributed by atoms with Crippen molar-refractivity contribution in [2.45, 2.75) is 38.1 Å². The third-order valence-corrected chi connectivity index (χ3v) is 6.45. The molecule has 4 rings (SSSR count). The first-order valence-electron chi connectivity index (χ1n) is 11.5. The van der Waals surface area contributed by atoms with Crippen molar-refractivity contribution in [3.8, 4) is 5.69 Å². The number of hydrogen-bond donors (Lipinski definition) is 1. The van der Waals surface area contributed by atoms with Gasteiger partial charge in [-0.2, -0.15) is 0 Å². The summed E-state index contributed by atoms with van der Waals surface area (Å²) in [4.78, 5) is 12.3. The lowest BCUT2D eigenvalue weighted by Gasteiger charge is -2.11. The van der Waals surface area contributed by atoms with Crippen LogP contribution in [-0.2, 0) is 12.2 Å². The molecule has 1 aromatic heterocycles. The summed E-state index contributed by atoms with van der Waals surface area (Å²) in [6.45, 7) is 6.93. The van der Waals surface area contributed by atoms with Crippen molar-refractivity contribution in [2.24, 2.45) is 5.92 Å². The van der Waals surface area contributed by atoms with Crippen molar-refractivity contribution in [2.75, 3.05) is 6.54 Å². The Kier molecular flexibility index (Phi) is 7.80. The molecule has 0 aliphatic carbocycles. The van der Waals surface area contributed by atoms with Gasteiger partial charge < -0.3 is 5.32 Å². The van der Waals surface area contributed by atoms with Crippen LogP contribution in [0.4, 0.5) is 0 Å². The zero-order valence-corrected chi connectivity index (χ0v) is 20.7. The number of aromatic nitrogens is 3. The Bertz CT molecular complexity index is 1220. The minimum Gasteiger partial charge on any atom is -0.352 e. The molecule has 0 saturated heterocycles. The molecule has 0 bridgehead atoms. The van der Waals surface area contributed by atoms with Gasteiger partial charge in [0.25, 0.3) is 5.91 Å². The second-order valence-corrected chi connectivity index (χ2v) is 9.76. The molecular weight excluding hydrogens is 440 g/mol. The van der Waals surface area contributed by atoms with Crippen molar-refractivity contribution in [1.29, 1.82) is 0 Å². The lowest BCUT2D eigenvalue weighted by Crippen LogP contribution is -2.27. The van der Waals surface area contributed by atoms with Crippen molar-refractivity contribution >= 4 is 17.7 Å². The van der Waals surface area contributed by atoms with Crippen LogP contribution in [0.25, 0.3) is 5.69 Å². The molecule has 0 atom stereocenters. The number of aryl methyl sites for hydroxylation is 1. The van der Waals surface area contributed by atoms with Crippen molar-refractivity contribution in [3.63, 3.8) is 0 Å². The van der Waals surface area contributed by atoms with E-state index in [1.807, 2.05) is 42.5 Å². The first-order chi connectivity index (χ1) is 16.5. The molecule has 0 saturated carbocycles. The van der Waals surface area contributed by atoms with E-state index in [4.69, 9.17) is 0 Å². The number of carbonyl (C=O) groups excluding carboxylic acids is 1. The summed E-state index contributed by atoms with van der Waals surface area (Å²) >= 11 is 1.65. The van der Waals surface area contributed by atoms with E-state index in [1.54, 1.807) is 11.8 Å². The third kappa shape index (κ3) is 6.14. The number of carbonyl (C=O) groups is 1. The highest BCUT2D eigenvalue weighted by Crippen LogP contribution is 2.26. The minimum atomic E-state index is -0.0300. The molecular formula is C28H30N4OS. The number of amides is 1. The smallest absolute Gasteiger partial charge is 0.251 e. The Morgan fingerprint density at radius 1 is 0.912 bits per heavy atom. The van der Waals surface area contributed by atoms with E-state index in [2.05, 4.69) is 77.3 Å². The van der Waals surface area contributed by atoms with Crippen LogP contribution in [0.5, 0.6) is 0 Å². The fourth-order valence-corrected chi connectivity index (χ4v) is 4.47. The van der Waals surface area contributed by atoms with Crippen LogP contribution >= 0.6 is 11.8 Å². The third-order valence-electron chi connectivity index (χ3n) is 5.45. The molecule has 0 spiro atoms. The van der Waals surface area contributed by atoms with Gasteiger partial charge in [-0.1, -0.05) is 85.8 Å². The summed E-state index contributed by atoms with van der Waals surface area (Å²) in [5.41, 5.74) is 5.29. The van der Waals surface area contributed by atoms with Gasteiger partial charge in [-0.15, -0.1) is 10.2 Å². The summed E-state index contributed by atoms with van der Waals surface area (Å²) in [6.07, 6.45) is 0.711. The molecule has 1 N–H and O–H groups in total. The molecule has 34 heavy (non-hydrogen) atoms. The molecule has 0 aliphatic rings. The van der Waals surface area contributed by atoms with Crippen molar-refractivity contribution in [1.82, 2.24) is 20.1 Å². The van der Waals surface area contributed by atoms with Gasteiger partial charge in [0.05, 0.1) is 0 Å². The summed E-state index contributed by atoms with van der Waals surface area (Å²) in [6, 6.07) is 26.6. The van der Waals surface area contributed by atoms with Gasteiger partial charge in [-0.3, -0.25) is 9.36 Å². The number of rotatable bonds is 9. The Morgan fingerprint density at radius 2 is 1.62 bits per heavy atom. The molecule has 1 heterocycles. The highest BCUT2D eigenvalue weighted by Gasteiger charge is 2.15. The molecule has 5 nitrogen and oxygen atoms in total. The normalized spacial score (nSPS) is 11.1. The van der Waals surface area contributed by atoms with Crippen LogP contribution < -0.4 is 5.32 Å². The van der Waals surface area contributed by atoms with E-state index in [9.17, 15) is 4.79 Å². The molecule has 0 unspecified atom stereocenters. The van der Waals surface area contributed by atoms with E-state index >= 15 is 0 Å². The van der Waals surface area contributed by atoms with Gasteiger partial charge in [0, 0.05) is 30.0 Å². The fourth-order valence-electron chi connectivity index (χ4n) is 3.54. The maximum atomic E-state index is 12.3. The summed E-state index contributed by atoms with van der Waals surface area (Å²) in [5.74, 6) is 2.05. The van der Waals surface area contributed by atoms with Gasteiger partial charge in [-0.05, 0) is 48.2 Å². The van der Waals surface area contributed by atoms with Gasteiger partial charge >= 0.3 is 0 Å². The van der Waals surface area contributed by atoms with E-state index in [-0.39, 0.29) is 5.91 Å². The Labute approximate surface area is 205 Å². The largest absolute Gasteiger partial charge is 0.352 e. The predicted molar refractivity (Wildman–Crippen MR) is 139 cm³/mol. The first kappa shape index (κ1) is 23.8. The molecule has 6 heteroatoms. The zero-order valence-electron chi connectivity index (χ0n) is 19.9. The van der Waals surface area contributed by atoms with Crippen molar-refractivity contribution in [3.05, 3.63) is 107 Å². The quantitative estimate of drug-likeness (QED) is 0.312. The van der Waals surface area contributed by atoms with Gasteiger partial charge in [0.15, 0.2) is 5.16 Å². The van der Waals surface area contributed by atoms with E-state index in [0.29, 0.717) is 24.4 Å². The molecule has 0 radical (unpaired) electrons. The lowest BCUT2D eigenvalue weighted by molar-refractivity contribution is 0.0949. The van der Waals surface area contributed by atoms with E-state index in [1.165, 1.54) is 11.1 Å². The van der Waals surface area contributed by atoms with Crippen LogP contribution in [0.15, 0.2) is 84.0 Å². The lowest BCUT2D eigenvalue weighted by atomic mass is 10.1. The molecule has 0 aliphatic heterocycles. The van der Waals surface area contributed by atoms with Gasteiger partial charge in [0.1, 0.15) is 5.82 Å². The Hall–Kier alpha value is -3.38. The van der Waals surface area contributed by atoms with Crippen LogP contribution in [0.3, 0.4) is 0 Å². The second kappa shape index (κ2) is 11.2. The highest BCUT2D eigenvalue weighted by molar-refractivity contribution is 7.98. The summed E-state index contributed by atoms with van der Waals surface area (Å²) in [5, 5.41) is 12.9. The SMILES string of the molecule is Cc1ccc(-n2c(Cc3ccccc3)nnc2SCc2ccc(C(=O)NCC(C)C)cc2)cc1. The Morgan fingerprint density at radius 3 is 2.29 bits per heavy atom. The fraction of sp³-hybridized carbons (Fsp3) is 0.250. The maximum absolute atomic E-state index is 12.3. The Balaban J connectivity index is 1.51. The average molecular weight is 471 g/mol. The molecule has 3 aromatic carbocycles. The average Bonchev–Trinajstić information content (AvgIpc) is 3.25. The van der Waals surface area contributed by atoms with Crippen molar-refractivity contribution < 1.29 is 4.79 Å². The predicted octanol–water partition coefficient (Wildman–Crippen LogP) is 5.84. The molecule has 1 amide bonds. The van der Waals surface area contributed by atoms with Crippen LogP contribution in [-0.4, -0.2) is 27.2 Å². The van der Waals surface area contributed by atoms with Crippen LogP contribution in [0.2, 0.25) is 0 Å². The molecule has 174 valence electrons. The zero-order chi connectivity index (χ0) is 23.9. The topological polar surface area (TPSA) is 59.8 Å². The van der Waals surface area contributed by atoms with E-state index < -0.39 is 0 Å². The first-order valence-corrected chi connectivity index (χ1v) is 12.5. The van der Waals surface area contributed by atoms with Gasteiger partial charge in [-0.25, -0.2) is 0 Å².